The average molecular weight is 528 g/mol. The summed E-state index contributed by atoms with van der Waals surface area (Å²) in [4.78, 5) is 4.46. The highest BCUT2D eigenvalue weighted by molar-refractivity contribution is 7.89. The van der Waals surface area contributed by atoms with Gasteiger partial charge in [0.25, 0.3) is 0 Å². The van der Waals surface area contributed by atoms with Crippen molar-refractivity contribution in [1.82, 2.24) is 9.73 Å². The van der Waals surface area contributed by atoms with Crippen molar-refractivity contribution in [3.63, 3.8) is 0 Å². The molecule has 1 heterocycles. The Labute approximate surface area is 218 Å². The number of ether oxygens (including phenoxy) is 1. The third-order valence-electron chi connectivity index (χ3n) is 6.48. The van der Waals surface area contributed by atoms with Crippen LogP contribution in [0.15, 0.2) is 29.4 Å². The van der Waals surface area contributed by atoms with Gasteiger partial charge in [0.1, 0.15) is 0 Å². The molecule has 1 aromatic carbocycles. The highest BCUT2D eigenvalue weighted by Gasteiger charge is 2.20. The van der Waals surface area contributed by atoms with E-state index in [9.17, 15) is 8.42 Å². The Balaban J connectivity index is 1.64. The maximum Gasteiger partial charge on any atom is 0.247 e. The van der Waals surface area contributed by atoms with Gasteiger partial charge in [-0.1, -0.05) is 114 Å². The lowest BCUT2D eigenvalue weighted by Gasteiger charge is -2.30. The van der Waals surface area contributed by atoms with Crippen LogP contribution in [0.4, 0.5) is 0 Å². The van der Waals surface area contributed by atoms with Gasteiger partial charge in [-0.15, -0.1) is 5.10 Å². The van der Waals surface area contributed by atoms with Crippen LogP contribution in [0.25, 0.3) is 0 Å². The second kappa shape index (κ2) is 18.0. The minimum absolute atomic E-state index is 0.0907. The van der Waals surface area contributed by atoms with Crippen LogP contribution < -0.4 is 4.83 Å². The molecule has 1 aliphatic heterocycles. The summed E-state index contributed by atoms with van der Waals surface area (Å²) >= 11 is 6.37. The molecule has 0 aliphatic carbocycles. The highest BCUT2D eigenvalue weighted by atomic mass is 35.5. The van der Waals surface area contributed by atoms with Crippen molar-refractivity contribution >= 4 is 27.5 Å². The van der Waals surface area contributed by atoms with E-state index in [1.54, 1.807) is 6.07 Å². The van der Waals surface area contributed by atoms with Crippen LogP contribution >= 0.6 is 11.6 Å². The van der Waals surface area contributed by atoms with E-state index >= 15 is 0 Å². The number of rotatable bonds is 18. The predicted molar refractivity (Wildman–Crippen MR) is 148 cm³/mol. The third kappa shape index (κ3) is 13.0. The lowest BCUT2D eigenvalue weighted by Crippen LogP contribution is -2.42. The molecule has 0 radical (unpaired) electrons. The van der Waals surface area contributed by atoms with Crippen LogP contribution in [-0.2, 0) is 14.8 Å². The van der Waals surface area contributed by atoms with Crippen LogP contribution in [0.3, 0.4) is 0 Å². The molecule has 0 atom stereocenters. The van der Waals surface area contributed by atoms with Crippen molar-refractivity contribution in [2.75, 3.05) is 32.1 Å². The van der Waals surface area contributed by atoms with Crippen LogP contribution in [-0.4, -0.2) is 51.2 Å². The summed E-state index contributed by atoms with van der Waals surface area (Å²) in [7, 11) is -3.49. The molecule has 2 rings (SSSR count). The van der Waals surface area contributed by atoms with Gasteiger partial charge in [0.05, 0.1) is 24.0 Å². The molecule has 0 amide bonds. The summed E-state index contributed by atoms with van der Waals surface area (Å²) in [5.41, 5.74) is 0.718. The fourth-order valence-corrected chi connectivity index (χ4v) is 5.49. The van der Waals surface area contributed by atoms with E-state index < -0.39 is 10.0 Å². The van der Waals surface area contributed by atoms with Crippen molar-refractivity contribution in [3.8, 4) is 0 Å². The molecule has 0 unspecified atom stereocenters. The van der Waals surface area contributed by atoms with Crippen LogP contribution in [0, 0.1) is 0 Å². The Kier molecular flexibility index (Phi) is 15.4. The Bertz CT molecular complexity index is 827. The molecule has 1 aliphatic rings. The molecule has 200 valence electrons. The largest absolute Gasteiger partial charge is 0.378 e. The number of unbranched alkanes of at least 4 members (excludes halogenated alkanes) is 13. The smallest absolute Gasteiger partial charge is 0.247 e. The summed E-state index contributed by atoms with van der Waals surface area (Å²) in [5.74, 6) is 0.636. The molecule has 35 heavy (non-hydrogen) atoms. The summed E-state index contributed by atoms with van der Waals surface area (Å²) in [6.45, 7) is 4.70. The first-order chi connectivity index (χ1) is 17.0. The number of amidine groups is 1. The maximum absolute atomic E-state index is 12.6. The van der Waals surface area contributed by atoms with Gasteiger partial charge < -0.3 is 9.64 Å². The zero-order valence-electron chi connectivity index (χ0n) is 21.6. The van der Waals surface area contributed by atoms with Crippen molar-refractivity contribution in [3.05, 3.63) is 34.9 Å². The fourth-order valence-electron chi connectivity index (χ4n) is 4.36. The molecule has 8 heteroatoms. The summed E-state index contributed by atoms with van der Waals surface area (Å²) in [6, 6.07) is 7.37. The maximum atomic E-state index is 12.6. The minimum Gasteiger partial charge on any atom is -0.378 e. The van der Waals surface area contributed by atoms with Gasteiger partial charge in [-0.05, 0) is 18.6 Å². The average Bonchev–Trinajstić information content (AvgIpc) is 2.86. The number of hydrogen-bond acceptors (Lipinski definition) is 4. The number of hydrazone groups is 1. The molecular formula is C27H46ClN3O3S. The zero-order valence-corrected chi connectivity index (χ0v) is 23.2. The van der Waals surface area contributed by atoms with Gasteiger partial charge in [-0.3, -0.25) is 0 Å². The predicted octanol–water partition coefficient (Wildman–Crippen LogP) is 6.73. The minimum atomic E-state index is -3.49. The first-order valence-electron chi connectivity index (χ1n) is 13.7. The van der Waals surface area contributed by atoms with E-state index in [1.165, 1.54) is 70.6 Å². The van der Waals surface area contributed by atoms with Crippen molar-refractivity contribution in [1.29, 1.82) is 0 Å². The fraction of sp³-hybridized carbons (Fsp3) is 0.741. The molecule has 1 N–H and O–H groups in total. The summed E-state index contributed by atoms with van der Waals surface area (Å²) in [5, 5.41) is 4.84. The molecule has 0 aromatic heterocycles. The second-order valence-corrected chi connectivity index (χ2v) is 11.7. The standard InChI is InChI=1S/C27H46ClN3O3S/c1-2-3-4-5-6-7-8-9-10-11-12-13-14-17-24-35(32,33)30-29-27(31-20-22-34-23-21-31)25-18-15-16-19-26(25)28/h15-16,18-19,30H,2-14,17,20-24H2,1H3. The van der Waals surface area contributed by atoms with Crippen molar-refractivity contribution < 1.29 is 13.2 Å². The molecule has 1 fully saturated rings. The number of sulfonamides is 1. The molecular weight excluding hydrogens is 482 g/mol. The number of benzene rings is 1. The van der Waals surface area contributed by atoms with E-state index in [-0.39, 0.29) is 5.75 Å². The lowest BCUT2D eigenvalue weighted by atomic mass is 10.0. The molecule has 0 spiro atoms. The van der Waals surface area contributed by atoms with Gasteiger partial charge in [0, 0.05) is 18.7 Å². The Morgan fingerprint density at radius 1 is 0.886 bits per heavy atom. The van der Waals surface area contributed by atoms with Gasteiger partial charge in [-0.25, -0.2) is 13.2 Å². The quantitative estimate of drug-likeness (QED) is 0.0993. The monoisotopic (exact) mass is 527 g/mol. The first-order valence-corrected chi connectivity index (χ1v) is 15.7. The first kappa shape index (κ1) is 29.9. The number of morpholine rings is 1. The van der Waals surface area contributed by atoms with Crippen molar-refractivity contribution in [2.24, 2.45) is 5.10 Å². The van der Waals surface area contributed by atoms with E-state index in [4.69, 9.17) is 16.3 Å². The van der Waals surface area contributed by atoms with Crippen molar-refractivity contribution in [2.45, 2.75) is 96.8 Å². The molecule has 6 nitrogen and oxygen atoms in total. The van der Waals surface area contributed by atoms with Gasteiger partial charge in [0.2, 0.25) is 10.0 Å². The topological polar surface area (TPSA) is 71.0 Å². The number of halogens is 1. The summed E-state index contributed by atoms with van der Waals surface area (Å²) in [6.07, 6.45) is 17.4. The van der Waals surface area contributed by atoms with Crippen LogP contribution in [0.2, 0.25) is 5.02 Å². The molecule has 1 saturated heterocycles. The zero-order chi connectivity index (χ0) is 25.2. The number of hydrogen-bond donors (Lipinski definition) is 1. The Morgan fingerprint density at radius 2 is 1.40 bits per heavy atom. The van der Waals surface area contributed by atoms with Crippen LogP contribution in [0.1, 0.15) is 102 Å². The van der Waals surface area contributed by atoms with E-state index in [0.29, 0.717) is 43.6 Å². The Morgan fingerprint density at radius 3 is 1.94 bits per heavy atom. The van der Waals surface area contributed by atoms with Crippen LogP contribution in [0.5, 0.6) is 0 Å². The van der Waals surface area contributed by atoms with E-state index in [2.05, 4.69) is 16.9 Å². The molecule has 1 aromatic rings. The third-order valence-corrected chi connectivity index (χ3v) is 8.01. The second-order valence-electron chi connectivity index (χ2n) is 9.52. The van der Waals surface area contributed by atoms with Gasteiger partial charge >= 0.3 is 0 Å². The molecule has 0 saturated carbocycles. The SMILES string of the molecule is CCCCCCCCCCCCCCCCS(=O)(=O)NN=C(c1ccccc1Cl)N1CCOCC1. The van der Waals surface area contributed by atoms with E-state index in [1.807, 2.05) is 23.1 Å². The van der Waals surface area contributed by atoms with Gasteiger partial charge in [-0.2, -0.15) is 0 Å². The van der Waals surface area contributed by atoms with Gasteiger partial charge in [0.15, 0.2) is 5.84 Å². The summed E-state index contributed by atoms with van der Waals surface area (Å²) < 4.78 is 30.5. The number of nitrogens with one attached hydrogen (secondary N) is 1. The van der Waals surface area contributed by atoms with E-state index in [0.717, 1.165) is 18.4 Å². The lowest BCUT2D eigenvalue weighted by molar-refractivity contribution is 0.0681. The Hall–Kier alpha value is -1.31. The number of nitrogens with zero attached hydrogens (tertiary/aromatic N) is 2. The highest BCUT2D eigenvalue weighted by Crippen LogP contribution is 2.19. The normalized spacial score (nSPS) is 14.9. The molecule has 0 bridgehead atoms.